The standard InChI is InChI=1S/C27H33NO6/c1-26(2,3)23(30)18-10-8-17(9-11-18)22(29)21-16-19(24(31)27(4,5)6)12-13-20(21)25(32)28-34-15-14-33-7/h8-13,16H,14-15H2,1-7H3,(H,28,32). The lowest BCUT2D eigenvalue weighted by atomic mass is 9.84. The van der Waals surface area contributed by atoms with E-state index in [4.69, 9.17) is 9.57 Å². The number of hydroxylamine groups is 1. The topological polar surface area (TPSA) is 98.8 Å². The highest BCUT2D eigenvalue weighted by atomic mass is 16.7. The quantitative estimate of drug-likeness (QED) is 0.327. The van der Waals surface area contributed by atoms with E-state index in [9.17, 15) is 19.2 Å². The van der Waals surface area contributed by atoms with Gasteiger partial charge in [-0.05, 0) is 12.1 Å². The lowest BCUT2D eigenvalue weighted by Crippen LogP contribution is -2.28. The van der Waals surface area contributed by atoms with Gasteiger partial charge >= 0.3 is 0 Å². The molecule has 1 amide bonds. The van der Waals surface area contributed by atoms with Gasteiger partial charge in [-0.2, -0.15) is 0 Å². The molecule has 0 unspecified atom stereocenters. The van der Waals surface area contributed by atoms with Crippen molar-refractivity contribution in [2.75, 3.05) is 20.3 Å². The van der Waals surface area contributed by atoms with Gasteiger partial charge in [0, 0.05) is 40.2 Å². The second kappa shape index (κ2) is 10.8. The number of hydrogen-bond donors (Lipinski definition) is 1. The number of rotatable bonds is 9. The Hall–Kier alpha value is -3.16. The Morgan fingerprint density at radius 1 is 0.706 bits per heavy atom. The van der Waals surface area contributed by atoms with E-state index in [-0.39, 0.29) is 35.9 Å². The van der Waals surface area contributed by atoms with Gasteiger partial charge in [0.15, 0.2) is 17.3 Å². The van der Waals surface area contributed by atoms with Crippen LogP contribution < -0.4 is 5.48 Å². The fraction of sp³-hybridized carbons (Fsp3) is 0.407. The van der Waals surface area contributed by atoms with Crippen LogP contribution in [0.1, 0.15) is 88.5 Å². The Morgan fingerprint density at radius 2 is 1.21 bits per heavy atom. The molecule has 0 saturated carbocycles. The van der Waals surface area contributed by atoms with Crippen LogP contribution in [-0.2, 0) is 9.57 Å². The van der Waals surface area contributed by atoms with Crippen LogP contribution in [0.5, 0.6) is 0 Å². The predicted molar refractivity (Wildman–Crippen MR) is 129 cm³/mol. The summed E-state index contributed by atoms with van der Waals surface area (Å²) in [6.45, 7) is 11.2. The second-order valence-electron chi connectivity index (χ2n) is 10.1. The zero-order chi connectivity index (χ0) is 25.7. The third-order valence-corrected chi connectivity index (χ3v) is 5.10. The molecule has 0 atom stereocenters. The first-order valence-electron chi connectivity index (χ1n) is 11.1. The van der Waals surface area contributed by atoms with Crippen LogP contribution >= 0.6 is 0 Å². The van der Waals surface area contributed by atoms with E-state index in [1.165, 1.54) is 25.3 Å². The molecule has 0 aliphatic carbocycles. The minimum absolute atomic E-state index is 0.0439. The molecular formula is C27H33NO6. The lowest BCUT2D eigenvalue weighted by molar-refractivity contribution is 0.00882. The van der Waals surface area contributed by atoms with Crippen LogP contribution in [0, 0.1) is 10.8 Å². The molecule has 182 valence electrons. The molecule has 0 aliphatic heterocycles. The van der Waals surface area contributed by atoms with Crippen LogP contribution in [-0.4, -0.2) is 43.6 Å². The summed E-state index contributed by atoms with van der Waals surface area (Å²) in [5, 5.41) is 0. The van der Waals surface area contributed by atoms with Crippen LogP contribution in [0.15, 0.2) is 42.5 Å². The summed E-state index contributed by atoms with van der Waals surface area (Å²) in [6, 6.07) is 10.7. The molecule has 7 nitrogen and oxygen atoms in total. The number of ether oxygens (including phenoxy) is 1. The van der Waals surface area contributed by atoms with Gasteiger partial charge in [-0.1, -0.05) is 71.9 Å². The van der Waals surface area contributed by atoms with Crippen molar-refractivity contribution in [1.82, 2.24) is 5.48 Å². The SMILES string of the molecule is COCCONC(=O)c1ccc(C(=O)C(C)(C)C)cc1C(=O)c1ccc(C(=O)C(C)(C)C)cc1. The Labute approximate surface area is 200 Å². The zero-order valence-electron chi connectivity index (χ0n) is 20.9. The van der Waals surface area contributed by atoms with Crippen molar-refractivity contribution in [3.8, 4) is 0 Å². The summed E-state index contributed by atoms with van der Waals surface area (Å²) < 4.78 is 4.88. The van der Waals surface area contributed by atoms with E-state index < -0.39 is 22.5 Å². The summed E-state index contributed by atoms with van der Waals surface area (Å²) >= 11 is 0. The van der Waals surface area contributed by atoms with Crippen LogP contribution in [0.4, 0.5) is 0 Å². The summed E-state index contributed by atoms with van der Waals surface area (Å²) in [4.78, 5) is 56.6. The van der Waals surface area contributed by atoms with E-state index in [1.807, 2.05) is 20.8 Å². The van der Waals surface area contributed by atoms with Gasteiger partial charge in [-0.3, -0.25) is 24.0 Å². The molecular weight excluding hydrogens is 434 g/mol. The van der Waals surface area contributed by atoms with E-state index in [2.05, 4.69) is 5.48 Å². The summed E-state index contributed by atoms with van der Waals surface area (Å²) in [6.07, 6.45) is 0. The number of amides is 1. The fourth-order valence-electron chi connectivity index (χ4n) is 3.16. The van der Waals surface area contributed by atoms with Crippen molar-refractivity contribution in [3.05, 3.63) is 70.3 Å². The maximum atomic E-state index is 13.4. The Balaban J connectivity index is 2.46. The highest BCUT2D eigenvalue weighted by Crippen LogP contribution is 2.25. The number of carbonyl (C=O) groups is 4. The van der Waals surface area contributed by atoms with Crippen molar-refractivity contribution < 1.29 is 28.8 Å². The smallest absolute Gasteiger partial charge is 0.275 e. The molecule has 0 aromatic heterocycles. The normalized spacial score (nSPS) is 11.7. The molecule has 0 heterocycles. The molecule has 0 bridgehead atoms. The molecule has 1 N–H and O–H groups in total. The maximum Gasteiger partial charge on any atom is 0.275 e. The van der Waals surface area contributed by atoms with Crippen molar-refractivity contribution in [2.45, 2.75) is 41.5 Å². The number of methoxy groups -OCH3 is 1. The number of benzene rings is 2. The van der Waals surface area contributed by atoms with Crippen LogP contribution in [0.2, 0.25) is 0 Å². The monoisotopic (exact) mass is 467 g/mol. The minimum Gasteiger partial charge on any atom is -0.382 e. The molecule has 0 radical (unpaired) electrons. The van der Waals surface area contributed by atoms with Gasteiger partial charge < -0.3 is 4.74 Å². The molecule has 0 saturated heterocycles. The van der Waals surface area contributed by atoms with Gasteiger partial charge in [0.1, 0.15) is 0 Å². The van der Waals surface area contributed by atoms with Gasteiger partial charge in [0.2, 0.25) is 0 Å². The van der Waals surface area contributed by atoms with Crippen LogP contribution in [0.25, 0.3) is 0 Å². The Morgan fingerprint density at radius 3 is 1.74 bits per heavy atom. The van der Waals surface area contributed by atoms with Crippen molar-refractivity contribution in [3.63, 3.8) is 0 Å². The summed E-state index contributed by atoms with van der Waals surface area (Å²) in [5.74, 6) is -1.26. The number of carbonyl (C=O) groups excluding carboxylic acids is 4. The average molecular weight is 468 g/mol. The van der Waals surface area contributed by atoms with Crippen molar-refractivity contribution in [1.29, 1.82) is 0 Å². The van der Waals surface area contributed by atoms with Crippen LogP contribution in [0.3, 0.4) is 0 Å². The van der Waals surface area contributed by atoms with Gasteiger partial charge in [-0.15, -0.1) is 0 Å². The molecule has 0 fully saturated rings. The summed E-state index contributed by atoms with van der Waals surface area (Å²) in [5.41, 5.74) is 2.33. The van der Waals surface area contributed by atoms with E-state index in [1.54, 1.807) is 45.0 Å². The first kappa shape index (κ1) is 27.1. The molecule has 2 rings (SSSR count). The molecule has 2 aromatic carbocycles. The Kier molecular flexibility index (Phi) is 8.64. The van der Waals surface area contributed by atoms with E-state index in [0.29, 0.717) is 16.7 Å². The van der Waals surface area contributed by atoms with E-state index >= 15 is 0 Å². The molecule has 0 aliphatic rings. The molecule has 0 spiro atoms. The minimum atomic E-state index is -0.664. The average Bonchev–Trinajstić information content (AvgIpc) is 2.78. The second-order valence-corrected chi connectivity index (χ2v) is 10.1. The van der Waals surface area contributed by atoms with Gasteiger partial charge in [0.05, 0.1) is 18.8 Å². The van der Waals surface area contributed by atoms with Gasteiger partial charge in [-0.25, -0.2) is 5.48 Å². The highest BCUT2D eigenvalue weighted by molar-refractivity contribution is 6.16. The predicted octanol–water partition coefficient (Wildman–Crippen LogP) is 4.68. The first-order chi connectivity index (χ1) is 15.8. The number of ketones is 3. The molecule has 2 aromatic rings. The zero-order valence-corrected chi connectivity index (χ0v) is 20.9. The number of nitrogens with one attached hydrogen (secondary N) is 1. The van der Waals surface area contributed by atoms with Crippen molar-refractivity contribution >= 4 is 23.3 Å². The number of hydrogen-bond acceptors (Lipinski definition) is 6. The van der Waals surface area contributed by atoms with Gasteiger partial charge in [0.25, 0.3) is 5.91 Å². The first-order valence-corrected chi connectivity index (χ1v) is 11.1. The summed E-state index contributed by atoms with van der Waals surface area (Å²) in [7, 11) is 1.51. The lowest BCUT2D eigenvalue weighted by Gasteiger charge is -2.18. The fourth-order valence-corrected chi connectivity index (χ4v) is 3.16. The molecule has 7 heteroatoms. The Bertz CT molecular complexity index is 1070. The molecule has 34 heavy (non-hydrogen) atoms. The third kappa shape index (κ3) is 6.68. The number of Topliss-reactive ketones (excluding diaryl/α,β-unsaturated/α-hetero) is 2. The third-order valence-electron chi connectivity index (χ3n) is 5.10. The van der Waals surface area contributed by atoms with Crippen molar-refractivity contribution in [2.24, 2.45) is 10.8 Å². The highest BCUT2D eigenvalue weighted by Gasteiger charge is 2.27. The largest absolute Gasteiger partial charge is 0.382 e. The maximum absolute atomic E-state index is 13.4. The van der Waals surface area contributed by atoms with E-state index in [0.717, 1.165) is 0 Å².